The summed E-state index contributed by atoms with van der Waals surface area (Å²) in [7, 11) is 0. The zero-order valence-electron chi connectivity index (χ0n) is 16.4. The molecule has 9 heteroatoms. The van der Waals surface area contributed by atoms with Gasteiger partial charge in [-0.25, -0.2) is 4.98 Å². The van der Waals surface area contributed by atoms with Crippen LogP contribution in [0.3, 0.4) is 0 Å². The van der Waals surface area contributed by atoms with Gasteiger partial charge in [0.1, 0.15) is 4.88 Å². The van der Waals surface area contributed by atoms with Gasteiger partial charge in [-0.3, -0.25) is 20.4 Å². The highest BCUT2D eigenvalue weighted by Gasteiger charge is 2.21. The highest BCUT2D eigenvalue weighted by atomic mass is 32.1. The molecule has 3 heterocycles. The van der Waals surface area contributed by atoms with Crippen molar-refractivity contribution in [1.82, 2.24) is 20.8 Å². The number of anilines is 1. The molecule has 0 bridgehead atoms. The summed E-state index contributed by atoms with van der Waals surface area (Å²) in [5.41, 5.74) is 8.55. The first-order valence-electron chi connectivity index (χ1n) is 9.48. The van der Waals surface area contributed by atoms with E-state index < -0.39 is 0 Å². The van der Waals surface area contributed by atoms with Gasteiger partial charge >= 0.3 is 0 Å². The quantitative estimate of drug-likeness (QED) is 0.569. The van der Waals surface area contributed by atoms with Crippen molar-refractivity contribution < 1.29 is 14.3 Å². The molecule has 0 radical (unpaired) electrons. The third kappa shape index (κ3) is 4.10. The number of rotatable bonds is 4. The average Bonchev–Trinajstić information content (AvgIpc) is 3.27. The van der Waals surface area contributed by atoms with Gasteiger partial charge in [0.25, 0.3) is 5.91 Å². The Hall–Kier alpha value is -2.91. The molecule has 1 fully saturated rings. The van der Waals surface area contributed by atoms with Crippen molar-refractivity contribution in [2.75, 3.05) is 31.2 Å². The van der Waals surface area contributed by atoms with Crippen LogP contribution >= 0.6 is 11.3 Å². The van der Waals surface area contributed by atoms with Crippen LogP contribution in [0, 0.1) is 13.8 Å². The molecule has 0 unspecified atom stereocenters. The normalized spacial score (nSPS) is 14.2. The number of carbonyl (C=O) groups is 2. The van der Waals surface area contributed by atoms with Crippen LogP contribution in [0.1, 0.15) is 26.6 Å². The molecule has 0 aliphatic carbocycles. The van der Waals surface area contributed by atoms with Crippen molar-refractivity contribution in [2.24, 2.45) is 0 Å². The molecule has 0 atom stereocenters. The SMILES string of the molecule is Cc1nc(N2CCOCC2)sc1C(=O)NNC(=O)Cc1c(C)[nH]c2ccccc12. The van der Waals surface area contributed by atoms with Crippen LogP contribution in [0.25, 0.3) is 10.9 Å². The minimum Gasteiger partial charge on any atom is -0.378 e. The number of aromatic amines is 1. The van der Waals surface area contributed by atoms with Gasteiger partial charge in [0, 0.05) is 29.7 Å². The van der Waals surface area contributed by atoms with Gasteiger partial charge < -0.3 is 14.6 Å². The predicted molar refractivity (Wildman–Crippen MR) is 112 cm³/mol. The number of aryl methyl sites for hydroxylation is 2. The molecule has 29 heavy (non-hydrogen) atoms. The topological polar surface area (TPSA) is 99.3 Å². The standard InChI is InChI=1S/C20H23N5O3S/c1-12-15(14-5-3-4-6-16(14)21-12)11-17(26)23-24-19(27)18-13(2)22-20(29-18)25-7-9-28-10-8-25/h3-6,21H,7-11H2,1-2H3,(H,23,26)(H,24,27). The molecular formula is C20H23N5O3S. The number of aromatic nitrogens is 2. The Morgan fingerprint density at radius 1 is 1.21 bits per heavy atom. The third-order valence-electron chi connectivity index (χ3n) is 4.95. The molecule has 4 rings (SSSR count). The van der Waals surface area contributed by atoms with Gasteiger partial charge in [-0.15, -0.1) is 0 Å². The van der Waals surface area contributed by atoms with Crippen molar-refractivity contribution in [2.45, 2.75) is 20.3 Å². The van der Waals surface area contributed by atoms with E-state index in [2.05, 4.69) is 25.7 Å². The molecule has 3 aromatic rings. The number of hydrogen-bond acceptors (Lipinski definition) is 6. The van der Waals surface area contributed by atoms with Crippen molar-refractivity contribution >= 4 is 39.2 Å². The van der Waals surface area contributed by atoms with E-state index in [1.165, 1.54) is 11.3 Å². The summed E-state index contributed by atoms with van der Waals surface area (Å²) < 4.78 is 5.35. The first-order valence-corrected chi connectivity index (χ1v) is 10.3. The van der Waals surface area contributed by atoms with E-state index in [4.69, 9.17) is 4.74 Å². The molecule has 2 aromatic heterocycles. The van der Waals surface area contributed by atoms with Crippen LogP contribution in [0.4, 0.5) is 5.13 Å². The number of ether oxygens (including phenoxy) is 1. The number of hydrogen-bond donors (Lipinski definition) is 3. The maximum absolute atomic E-state index is 12.5. The first-order chi connectivity index (χ1) is 14.0. The van der Waals surface area contributed by atoms with Gasteiger partial charge in [0.2, 0.25) is 5.91 Å². The molecule has 0 spiro atoms. The van der Waals surface area contributed by atoms with Gasteiger partial charge in [0.15, 0.2) is 5.13 Å². The smallest absolute Gasteiger partial charge is 0.281 e. The fourth-order valence-electron chi connectivity index (χ4n) is 3.43. The molecule has 1 aromatic carbocycles. The Labute approximate surface area is 172 Å². The predicted octanol–water partition coefficient (Wildman–Crippen LogP) is 2.08. The highest BCUT2D eigenvalue weighted by molar-refractivity contribution is 7.17. The summed E-state index contributed by atoms with van der Waals surface area (Å²) in [5.74, 6) is -0.634. The van der Waals surface area contributed by atoms with Crippen LogP contribution in [0.5, 0.6) is 0 Å². The van der Waals surface area contributed by atoms with E-state index in [9.17, 15) is 9.59 Å². The van der Waals surface area contributed by atoms with E-state index in [1.807, 2.05) is 31.2 Å². The van der Waals surface area contributed by atoms with Crippen LogP contribution < -0.4 is 15.8 Å². The summed E-state index contributed by atoms with van der Waals surface area (Å²) in [6.45, 7) is 6.57. The summed E-state index contributed by atoms with van der Waals surface area (Å²) >= 11 is 1.33. The van der Waals surface area contributed by atoms with Crippen molar-refractivity contribution in [1.29, 1.82) is 0 Å². The van der Waals surface area contributed by atoms with E-state index in [-0.39, 0.29) is 18.2 Å². The van der Waals surface area contributed by atoms with Crippen molar-refractivity contribution in [3.63, 3.8) is 0 Å². The molecule has 1 saturated heterocycles. The largest absolute Gasteiger partial charge is 0.378 e. The average molecular weight is 414 g/mol. The van der Waals surface area contributed by atoms with Gasteiger partial charge in [-0.05, 0) is 25.5 Å². The third-order valence-corrected chi connectivity index (χ3v) is 6.17. The second-order valence-corrected chi connectivity index (χ2v) is 7.94. The summed E-state index contributed by atoms with van der Waals surface area (Å²) in [6.07, 6.45) is 0.177. The molecule has 1 aliphatic heterocycles. The number of hydrazine groups is 1. The van der Waals surface area contributed by atoms with Gasteiger partial charge in [0.05, 0.1) is 25.3 Å². The lowest BCUT2D eigenvalue weighted by atomic mass is 10.1. The lowest BCUT2D eigenvalue weighted by Crippen LogP contribution is -2.42. The Balaban J connectivity index is 1.38. The first kappa shape index (κ1) is 19.4. The molecule has 0 saturated carbocycles. The maximum atomic E-state index is 12.5. The van der Waals surface area contributed by atoms with Crippen molar-refractivity contribution in [3.8, 4) is 0 Å². The number of fused-ring (bicyclic) bond motifs is 1. The Kier molecular flexibility index (Phi) is 5.50. The number of nitrogens with one attached hydrogen (secondary N) is 3. The molecule has 2 amide bonds. The van der Waals surface area contributed by atoms with E-state index in [1.54, 1.807) is 6.92 Å². The lowest BCUT2D eigenvalue weighted by molar-refractivity contribution is -0.121. The van der Waals surface area contributed by atoms with Gasteiger partial charge in [-0.1, -0.05) is 29.5 Å². The molecule has 8 nitrogen and oxygen atoms in total. The maximum Gasteiger partial charge on any atom is 0.281 e. The van der Waals surface area contributed by atoms with E-state index in [0.717, 1.165) is 40.4 Å². The highest BCUT2D eigenvalue weighted by Crippen LogP contribution is 2.26. The minimum atomic E-state index is -0.358. The zero-order chi connectivity index (χ0) is 20.4. The number of H-pyrrole nitrogens is 1. The van der Waals surface area contributed by atoms with Crippen LogP contribution in [-0.4, -0.2) is 48.1 Å². The number of morpholine rings is 1. The monoisotopic (exact) mass is 413 g/mol. The second-order valence-electron chi connectivity index (χ2n) is 6.96. The molecule has 1 aliphatic rings. The second kappa shape index (κ2) is 8.22. The molecule has 152 valence electrons. The Morgan fingerprint density at radius 3 is 2.76 bits per heavy atom. The number of nitrogens with zero attached hydrogens (tertiary/aromatic N) is 2. The molecule has 3 N–H and O–H groups in total. The van der Waals surface area contributed by atoms with Crippen LogP contribution in [0.15, 0.2) is 24.3 Å². The summed E-state index contributed by atoms with van der Waals surface area (Å²) in [4.78, 5) is 35.3. The Morgan fingerprint density at radius 2 is 1.97 bits per heavy atom. The number of benzene rings is 1. The Bertz CT molecular complexity index is 1050. The minimum absolute atomic E-state index is 0.177. The van der Waals surface area contributed by atoms with E-state index >= 15 is 0 Å². The molecular weight excluding hydrogens is 390 g/mol. The van der Waals surface area contributed by atoms with E-state index in [0.29, 0.717) is 23.8 Å². The number of thiazole rings is 1. The fourth-order valence-corrected chi connectivity index (χ4v) is 4.45. The van der Waals surface area contributed by atoms with Crippen LogP contribution in [0.2, 0.25) is 0 Å². The zero-order valence-corrected chi connectivity index (χ0v) is 17.2. The summed E-state index contributed by atoms with van der Waals surface area (Å²) in [6, 6.07) is 7.85. The number of carbonyl (C=O) groups excluding carboxylic acids is 2. The van der Waals surface area contributed by atoms with Gasteiger partial charge in [-0.2, -0.15) is 0 Å². The van der Waals surface area contributed by atoms with Crippen molar-refractivity contribution in [3.05, 3.63) is 46.1 Å². The number of amides is 2. The number of para-hydroxylation sites is 1. The fraction of sp³-hybridized carbons (Fsp3) is 0.350. The van der Waals surface area contributed by atoms with Crippen LogP contribution in [-0.2, 0) is 16.0 Å². The summed E-state index contributed by atoms with van der Waals surface area (Å²) in [5, 5.41) is 1.82. The lowest BCUT2D eigenvalue weighted by Gasteiger charge is -2.25.